The second kappa shape index (κ2) is 6.54. The highest BCUT2D eigenvalue weighted by atomic mass is 19.4. The molecule has 1 aromatic carbocycles. The fourth-order valence-corrected chi connectivity index (χ4v) is 2.75. The summed E-state index contributed by atoms with van der Waals surface area (Å²) in [5.74, 6) is -0.0877. The van der Waals surface area contributed by atoms with E-state index >= 15 is 0 Å². The predicted molar refractivity (Wildman–Crippen MR) is 85.0 cm³/mol. The fourth-order valence-electron chi connectivity index (χ4n) is 2.75. The van der Waals surface area contributed by atoms with Crippen molar-refractivity contribution >= 4 is 11.0 Å². The van der Waals surface area contributed by atoms with Gasteiger partial charge in [-0.3, -0.25) is 0 Å². The lowest BCUT2D eigenvalue weighted by molar-refractivity contribution is -0.136. The molecule has 0 saturated heterocycles. The second-order valence-corrected chi connectivity index (χ2v) is 5.56. The Kier molecular flexibility index (Phi) is 4.55. The molecule has 0 bridgehead atoms. The van der Waals surface area contributed by atoms with Crippen LogP contribution in [0.3, 0.4) is 0 Å². The van der Waals surface area contributed by atoms with Crippen molar-refractivity contribution in [2.75, 3.05) is 0 Å². The van der Waals surface area contributed by atoms with Gasteiger partial charge in [-0.25, -0.2) is 9.67 Å². The number of hydrogen-bond donors (Lipinski definition) is 0. The number of nitrogens with zero attached hydrogens (tertiary/aromatic N) is 3. The average Bonchev–Trinajstić information content (AvgIpc) is 2.89. The van der Waals surface area contributed by atoms with Crippen molar-refractivity contribution in [1.29, 1.82) is 0 Å². The minimum atomic E-state index is -4.58. The van der Waals surface area contributed by atoms with Gasteiger partial charge >= 0.3 is 12.8 Å². The number of alkyl halides is 5. The quantitative estimate of drug-likeness (QED) is 0.603. The summed E-state index contributed by atoms with van der Waals surface area (Å²) < 4.78 is 70.7. The SMILES string of the molecule is CCn1nc(C)c2c(C(F)(F)F)cc(-c3ccc(OC(F)F)cc3)nc21. The predicted octanol–water partition coefficient (Wildman–Crippen LogP) is 5.05. The zero-order valence-electron chi connectivity index (χ0n) is 13.8. The number of ether oxygens (including phenoxy) is 1. The van der Waals surface area contributed by atoms with Crippen molar-refractivity contribution in [3.05, 3.63) is 41.6 Å². The standard InChI is InChI=1S/C17H14F5N3O/c1-3-25-15-14(9(2)24-25)12(17(20,21)22)8-13(23-15)10-4-6-11(7-5-10)26-16(18)19/h4-8,16H,3H2,1-2H3. The van der Waals surface area contributed by atoms with Crippen molar-refractivity contribution in [1.82, 2.24) is 14.8 Å². The largest absolute Gasteiger partial charge is 0.435 e. The number of fused-ring (bicyclic) bond motifs is 1. The van der Waals surface area contributed by atoms with Gasteiger partial charge in [0.25, 0.3) is 0 Å². The first kappa shape index (κ1) is 18.1. The van der Waals surface area contributed by atoms with Crippen molar-refractivity contribution in [2.24, 2.45) is 0 Å². The molecule has 0 fully saturated rings. The topological polar surface area (TPSA) is 39.9 Å². The van der Waals surface area contributed by atoms with Gasteiger partial charge in [-0.05, 0) is 44.2 Å². The van der Waals surface area contributed by atoms with Crippen LogP contribution in [0, 0.1) is 6.92 Å². The Labute approximate surface area is 145 Å². The van der Waals surface area contributed by atoms with Gasteiger partial charge in [0.05, 0.1) is 22.3 Å². The summed E-state index contributed by atoms with van der Waals surface area (Å²) in [7, 11) is 0. The van der Waals surface area contributed by atoms with Gasteiger partial charge in [-0.2, -0.15) is 27.1 Å². The van der Waals surface area contributed by atoms with Crippen molar-refractivity contribution in [3.8, 4) is 17.0 Å². The van der Waals surface area contributed by atoms with Crippen LogP contribution in [0.5, 0.6) is 5.75 Å². The summed E-state index contributed by atoms with van der Waals surface area (Å²) in [5.41, 5.74) is -0.0391. The van der Waals surface area contributed by atoms with Crippen LogP contribution in [0.15, 0.2) is 30.3 Å². The van der Waals surface area contributed by atoms with Gasteiger partial charge in [-0.1, -0.05) is 0 Å². The number of rotatable bonds is 4. The Bertz CT molecular complexity index is 932. The monoisotopic (exact) mass is 371 g/mol. The Morgan fingerprint density at radius 3 is 2.35 bits per heavy atom. The van der Waals surface area contributed by atoms with E-state index in [4.69, 9.17) is 0 Å². The second-order valence-electron chi connectivity index (χ2n) is 5.56. The third-order valence-electron chi connectivity index (χ3n) is 3.86. The normalized spacial score (nSPS) is 12.2. The van der Waals surface area contributed by atoms with E-state index < -0.39 is 18.4 Å². The summed E-state index contributed by atoms with van der Waals surface area (Å²) in [6, 6.07) is 6.21. The van der Waals surface area contributed by atoms with E-state index in [2.05, 4.69) is 14.8 Å². The summed E-state index contributed by atoms with van der Waals surface area (Å²) >= 11 is 0. The van der Waals surface area contributed by atoms with Crippen LogP contribution in [0.4, 0.5) is 22.0 Å². The van der Waals surface area contributed by atoms with Crippen molar-refractivity contribution in [3.63, 3.8) is 0 Å². The maximum Gasteiger partial charge on any atom is 0.417 e. The Morgan fingerprint density at radius 1 is 1.15 bits per heavy atom. The molecule has 3 rings (SSSR count). The molecular formula is C17H14F5N3O. The highest BCUT2D eigenvalue weighted by Gasteiger charge is 2.35. The summed E-state index contributed by atoms with van der Waals surface area (Å²) in [4.78, 5) is 4.31. The minimum Gasteiger partial charge on any atom is -0.435 e. The van der Waals surface area contributed by atoms with Crippen molar-refractivity contribution in [2.45, 2.75) is 33.2 Å². The molecule has 0 aliphatic rings. The van der Waals surface area contributed by atoms with Crippen LogP contribution in [0.25, 0.3) is 22.3 Å². The smallest absolute Gasteiger partial charge is 0.417 e. The first-order valence-electron chi connectivity index (χ1n) is 7.71. The number of benzene rings is 1. The Balaban J connectivity index is 2.17. The molecule has 0 aliphatic carbocycles. The summed E-state index contributed by atoms with van der Waals surface area (Å²) in [5, 5.41) is 4.07. The molecule has 26 heavy (non-hydrogen) atoms. The first-order valence-corrected chi connectivity index (χ1v) is 7.71. The highest BCUT2D eigenvalue weighted by Crippen LogP contribution is 2.38. The van der Waals surface area contributed by atoms with E-state index in [1.54, 1.807) is 6.92 Å². The maximum absolute atomic E-state index is 13.5. The molecule has 0 radical (unpaired) electrons. The van der Waals surface area contributed by atoms with E-state index in [-0.39, 0.29) is 28.2 Å². The summed E-state index contributed by atoms with van der Waals surface area (Å²) in [6.45, 7) is 0.638. The van der Waals surface area contributed by atoms with E-state index in [1.807, 2.05) is 0 Å². The van der Waals surface area contributed by atoms with E-state index in [0.29, 0.717) is 12.1 Å². The molecule has 0 aliphatic heterocycles. The van der Waals surface area contributed by atoms with Gasteiger partial charge in [0.15, 0.2) is 5.65 Å². The molecule has 3 aromatic rings. The van der Waals surface area contributed by atoms with Crippen LogP contribution in [-0.4, -0.2) is 21.4 Å². The molecule has 2 heterocycles. The maximum atomic E-state index is 13.5. The zero-order valence-corrected chi connectivity index (χ0v) is 13.8. The van der Waals surface area contributed by atoms with Gasteiger partial charge in [0.1, 0.15) is 5.75 Å². The summed E-state index contributed by atoms with van der Waals surface area (Å²) in [6.07, 6.45) is -4.58. The molecule has 138 valence electrons. The highest BCUT2D eigenvalue weighted by molar-refractivity contribution is 5.85. The van der Waals surface area contributed by atoms with Crippen LogP contribution < -0.4 is 4.74 Å². The molecule has 2 aromatic heterocycles. The Morgan fingerprint density at radius 2 is 1.81 bits per heavy atom. The number of hydrogen-bond acceptors (Lipinski definition) is 3. The first-order chi connectivity index (χ1) is 12.2. The van der Waals surface area contributed by atoms with Crippen LogP contribution in [0.2, 0.25) is 0 Å². The molecule has 4 nitrogen and oxygen atoms in total. The van der Waals surface area contributed by atoms with Gasteiger partial charge in [0, 0.05) is 12.1 Å². The zero-order chi connectivity index (χ0) is 19.1. The molecule has 0 unspecified atom stereocenters. The number of pyridine rings is 1. The van der Waals surface area contributed by atoms with Crippen LogP contribution in [0.1, 0.15) is 18.2 Å². The molecular weight excluding hydrogens is 357 g/mol. The number of aryl methyl sites for hydroxylation is 2. The Hall–Kier alpha value is -2.71. The van der Waals surface area contributed by atoms with Crippen LogP contribution in [-0.2, 0) is 12.7 Å². The van der Waals surface area contributed by atoms with Crippen molar-refractivity contribution < 1.29 is 26.7 Å². The molecule has 0 amide bonds. The lowest BCUT2D eigenvalue weighted by Crippen LogP contribution is -2.08. The third-order valence-corrected chi connectivity index (χ3v) is 3.86. The third kappa shape index (κ3) is 3.33. The van der Waals surface area contributed by atoms with Gasteiger partial charge < -0.3 is 4.74 Å². The van der Waals surface area contributed by atoms with E-state index in [1.165, 1.54) is 35.9 Å². The van der Waals surface area contributed by atoms with E-state index in [0.717, 1.165) is 6.07 Å². The minimum absolute atomic E-state index is 0.0410. The average molecular weight is 371 g/mol. The molecule has 9 heteroatoms. The van der Waals surface area contributed by atoms with Gasteiger partial charge in [-0.15, -0.1) is 0 Å². The molecule has 0 N–H and O–H groups in total. The van der Waals surface area contributed by atoms with Crippen LogP contribution >= 0.6 is 0 Å². The number of halogens is 5. The number of aromatic nitrogens is 3. The lowest BCUT2D eigenvalue weighted by Gasteiger charge is -2.12. The molecule has 0 spiro atoms. The molecule has 0 saturated carbocycles. The van der Waals surface area contributed by atoms with Gasteiger partial charge in [0.2, 0.25) is 0 Å². The molecule has 0 atom stereocenters. The fraction of sp³-hybridized carbons (Fsp3) is 0.294. The lowest BCUT2D eigenvalue weighted by atomic mass is 10.1. The van der Waals surface area contributed by atoms with E-state index in [9.17, 15) is 22.0 Å².